The number of ether oxygens (including phenoxy) is 1. The van der Waals surface area contributed by atoms with Crippen molar-refractivity contribution in [2.45, 2.75) is 45.8 Å². The van der Waals surface area contributed by atoms with E-state index in [2.05, 4.69) is 24.5 Å². The van der Waals surface area contributed by atoms with Gasteiger partial charge in [0.05, 0.1) is 5.56 Å². The number of carbonyl (C=O) groups excluding carboxylic acids is 1. The van der Waals surface area contributed by atoms with Gasteiger partial charge in [-0.3, -0.25) is 4.79 Å². The second-order valence-corrected chi connectivity index (χ2v) is 10.9. The molecular weight excluding hydrogens is 548 g/mol. The third kappa shape index (κ3) is 8.60. The zero-order chi connectivity index (χ0) is 29.9. The summed E-state index contributed by atoms with van der Waals surface area (Å²) in [6.45, 7) is 5.44. The highest BCUT2D eigenvalue weighted by Crippen LogP contribution is 2.31. The number of nitrogens with one attached hydrogen (secondary N) is 2. The monoisotopic (exact) mass is 584 g/mol. The fourth-order valence-electron chi connectivity index (χ4n) is 4.80. The maximum absolute atomic E-state index is 13.2. The molecule has 3 N–H and O–H groups in total. The van der Waals surface area contributed by atoms with E-state index in [9.17, 15) is 14.7 Å². The summed E-state index contributed by atoms with van der Waals surface area (Å²) < 4.78 is 6.11. The highest BCUT2D eigenvalue weighted by Gasteiger charge is 2.23. The van der Waals surface area contributed by atoms with Crippen LogP contribution in [0.1, 0.15) is 48.2 Å². The van der Waals surface area contributed by atoms with E-state index in [0.29, 0.717) is 35.3 Å². The fourth-order valence-corrected chi connectivity index (χ4v) is 4.97. The van der Waals surface area contributed by atoms with Gasteiger partial charge in [-0.2, -0.15) is 0 Å². The van der Waals surface area contributed by atoms with E-state index >= 15 is 0 Å². The van der Waals surface area contributed by atoms with Gasteiger partial charge in [-0.1, -0.05) is 105 Å². The van der Waals surface area contributed by atoms with Crippen LogP contribution in [0.3, 0.4) is 0 Å². The van der Waals surface area contributed by atoms with Gasteiger partial charge in [0.2, 0.25) is 0 Å². The third-order valence-corrected chi connectivity index (χ3v) is 7.32. The van der Waals surface area contributed by atoms with E-state index in [0.717, 1.165) is 40.8 Å². The first kappa shape index (κ1) is 30.7. The van der Waals surface area contributed by atoms with E-state index in [1.54, 1.807) is 18.2 Å². The number of para-hydroxylation sites is 1. The molecule has 42 heavy (non-hydrogen) atoms. The second-order valence-electron chi connectivity index (χ2n) is 10.5. The van der Waals surface area contributed by atoms with Crippen LogP contribution in [0.15, 0.2) is 97.1 Å². The number of amides is 1. The molecule has 0 aromatic heterocycles. The molecule has 0 fully saturated rings. The molecule has 0 aliphatic heterocycles. The largest absolute Gasteiger partial charge is 0.488 e. The average Bonchev–Trinajstić information content (AvgIpc) is 3.00. The van der Waals surface area contributed by atoms with Crippen molar-refractivity contribution in [3.05, 3.63) is 119 Å². The van der Waals surface area contributed by atoms with Crippen LogP contribution in [0, 0.1) is 5.92 Å². The van der Waals surface area contributed by atoms with Crippen molar-refractivity contribution in [2.24, 2.45) is 5.92 Å². The summed E-state index contributed by atoms with van der Waals surface area (Å²) in [4.78, 5) is 25.4. The zero-order valence-corrected chi connectivity index (χ0v) is 24.7. The van der Waals surface area contributed by atoms with E-state index in [4.69, 9.17) is 16.3 Å². The quantitative estimate of drug-likeness (QED) is 0.140. The maximum atomic E-state index is 13.2. The van der Waals surface area contributed by atoms with Crippen LogP contribution < -0.4 is 15.4 Å². The summed E-state index contributed by atoms with van der Waals surface area (Å²) in [5.74, 6) is -0.407. The molecule has 4 aromatic rings. The first-order chi connectivity index (χ1) is 20.3. The molecule has 0 heterocycles. The van der Waals surface area contributed by atoms with Gasteiger partial charge >= 0.3 is 5.97 Å². The number of anilines is 1. The highest BCUT2D eigenvalue weighted by molar-refractivity contribution is 6.31. The summed E-state index contributed by atoms with van der Waals surface area (Å²) in [6.07, 6.45) is 2.27. The molecule has 0 bridgehead atoms. The second kappa shape index (κ2) is 15.1. The van der Waals surface area contributed by atoms with Gasteiger partial charge in [0, 0.05) is 29.2 Å². The summed E-state index contributed by atoms with van der Waals surface area (Å²) in [5, 5.41) is 16.4. The van der Waals surface area contributed by atoms with Crippen molar-refractivity contribution in [2.75, 3.05) is 11.9 Å². The predicted octanol–water partition coefficient (Wildman–Crippen LogP) is 7.86. The standard InChI is InChI=1S/C35H37ClN2O4/c1-3-9-24(2)22-37-31-19-18-28(36)21-30(31)34(39)38-32(35(40)41)20-25-14-16-27(17-15-25)29-12-7-8-13-33(29)42-23-26-10-5-4-6-11-26/h4-8,10-19,21,24,32,37H,3,9,20,22-23H2,1-2H3,(H,38,39)(H,40,41)/t24?,32-/m0/s1. The lowest BCUT2D eigenvalue weighted by molar-refractivity contribution is -0.139. The molecule has 4 rings (SSSR count). The predicted molar refractivity (Wildman–Crippen MR) is 169 cm³/mol. The summed E-state index contributed by atoms with van der Waals surface area (Å²) in [5.41, 5.74) is 4.70. The lowest BCUT2D eigenvalue weighted by atomic mass is 9.99. The molecule has 0 saturated carbocycles. The van der Waals surface area contributed by atoms with Crippen LogP contribution in [0.25, 0.3) is 11.1 Å². The number of halogens is 1. The molecule has 2 atom stereocenters. The van der Waals surface area contributed by atoms with Crippen LogP contribution in [-0.2, 0) is 17.8 Å². The highest BCUT2D eigenvalue weighted by atomic mass is 35.5. The maximum Gasteiger partial charge on any atom is 0.326 e. The molecule has 0 saturated heterocycles. The van der Waals surface area contributed by atoms with Gasteiger partial charge in [0.25, 0.3) is 5.91 Å². The Morgan fingerprint density at radius 2 is 1.62 bits per heavy atom. The van der Waals surface area contributed by atoms with Gasteiger partial charge in [-0.25, -0.2) is 4.79 Å². The van der Waals surface area contributed by atoms with Gasteiger partial charge in [0.15, 0.2) is 0 Å². The number of carboxylic acid groups (broad SMARTS) is 1. The van der Waals surface area contributed by atoms with Crippen molar-refractivity contribution in [1.29, 1.82) is 0 Å². The van der Waals surface area contributed by atoms with Crippen molar-refractivity contribution in [3.8, 4) is 16.9 Å². The number of hydrogen-bond donors (Lipinski definition) is 3. The molecule has 7 heteroatoms. The molecule has 4 aromatic carbocycles. The molecule has 6 nitrogen and oxygen atoms in total. The van der Waals surface area contributed by atoms with Crippen molar-refractivity contribution < 1.29 is 19.4 Å². The van der Waals surface area contributed by atoms with Crippen LogP contribution in [0.2, 0.25) is 5.02 Å². The number of hydrogen-bond acceptors (Lipinski definition) is 4. The smallest absolute Gasteiger partial charge is 0.326 e. The van der Waals surface area contributed by atoms with Crippen molar-refractivity contribution in [3.63, 3.8) is 0 Å². The molecule has 1 amide bonds. The third-order valence-electron chi connectivity index (χ3n) is 7.08. The van der Waals surface area contributed by atoms with E-state index in [-0.39, 0.29) is 6.42 Å². The first-order valence-corrected chi connectivity index (χ1v) is 14.6. The molecule has 0 radical (unpaired) electrons. The normalized spacial score (nSPS) is 12.3. The molecule has 0 spiro atoms. The lowest BCUT2D eigenvalue weighted by Crippen LogP contribution is -2.42. The summed E-state index contributed by atoms with van der Waals surface area (Å²) in [6, 6.07) is 29.4. The number of aliphatic carboxylic acids is 1. The van der Waals surface area contributed by atoms with E-state index in [1.807, 2.05) is 78.9 Å². The van der Waals surface area contributed by atoms with Crippen LogP contribution >= 0.6 is 11.6 Å². The minimum Gasteiger partial charge on any atom is -0.488 e. The summed E-state index contributed by atoms with van der Waals surface area (Å²) in [7, 11) is 0. The number of carboxylic acids is 1. The van der Waals surface area contributed by atoms with Crippen LogP contribution in [0.4, 0.5) is 5.69 Å². The Hall–Kier alpha value is -4.29. The summed E-state index contributed by atoms with van der Waals surface area (Å²) >= 11 is 6.20. The fraction of sp³-hybridized carbons (Fsp3) is 0.257. The molecule has 0 aliphatic carbocycles. The van der Waals surface area contributed by atoms with Gasteiger partial charge in [-0.05, 0) is 53.3 Å². The Morgan fingerprint density at radius 1 is 0.905 bits per heavy atom. The molecular formula is C35H37ClN2O4. The number of benzene rings is 4. The Labute approximate surface area is 252 Å². The van der Waals surface area contributed by atoms with Gasteiger partial charge < -0.3 is 20.5 Å². The number of carbonyl (C=O) groups is 2. The van der Waals surface area contributed by atoms with Gasteiger partial charge in [-0.15, -0.1) is 0 Å². The van der Waals surface area contributed by atoms with Crippen molar-refractivity contribution in [1.82, 2.24) is 5.32 Å². The molecule has 218 valence electrons. The Balaban J connectivity index is 1.44. The Morgan fingerprint density at radius 3 is 2.33 bits per heavy atom. The van der Waals surface area contributed by atoms with Crippen LogP contribution in [0.5, 0.6) is 5.75 Å². The molecule has 1 unspecified atom stereocenters. The average molecular weight is 585 g/mol. The Bertz CT molecular complexity index is 1470. The van der Waals surface area contributed by atoms with E-state index < -0.39 is 17.9 Å². The number of rotatable bonds is 14. The van der Waals surface area contributed by atoms with E-state index in [1.165, 1.54) is 0 Å². The lowest BCUT2D eigenvalue weighted by Gasteiger charge is -2.19. The topological polar surface area (TPSA) is 87.7 Å². The first-order valence-electron chi connectivity index (χ1n) is 14.3. The van der Waals surface area contributed by atoms with Crippen LogP contribution in [-0.4, -0.2) is 29.6 Å². The van der Waals surface area contributed by atoms with Crippen molar-refractivity contribution >= 4 is 29.2 Å². The Kier molecular flexibility index (Phi) is 11.0. The molecule has 0 aliphatic rings. The SMILES string of the molecule is CCCC(C)CNc1ccc(Cl)cc1C(=O)N[C@@H](Cc1ccc(-c2ccccc2OCc2ccccc2)cc1)C(=O)O. The minimum absolute atomic E-state index is 0.129. The minimum atomic E-state index is -1.12. The van der Waals surface area contributed by atoms with Gasteiger partial charge in [0.1, 0.15) is 18.4 Å². The zero-order valence-electron chi connectivity index (χ0n) is 24.0.